The Morgan fingerprint density at radius 3 is 1.59 bits per heavy atom. The fourth-order valence-corrected chi connectivity index (χ4v) is 2.86. The zero-order chi connectivity index (χ0) is 16.1. The number of rotatable bonds is 4. The molecule has 0 heterocycles. The summed E-state index contributed by atoms with van der Waals surface area (Å²) in [4.78, 5) is 12.0. The molecule has 0 saturated carbocycles. The Balaban J connectivity index is 2.04. The molecule has 2 N–H and O–H groups in total. The Bertz CT molecular complexity index is 635. The van der Waals surface area contributed by atoms with E-state index in [1.165, 1.54) is 0 Å². The number of nitrogens with one attached hydrogen (secondary N) is 2. The van der Waals surface area contributed by atoms with Gasteiger partial charge in [0.2, 0.25) is 0 Å². The van der Waals surface area contributed by atoms with Crippen molar-refractivity contribution in [2.45, 2.75) is 0 Å². The number of hydrogen-bond donors (Lipinski definition) is 2. The summed E-state index contributed by atoms with van der Waals surface area (Å²) in [5.74, 6) is 1.40. The molecule has 116 valence electrons. The van der Waals surface area contributed by atoms with E-state index in [4.69, 9.17) is 9.47 Å². The van der Waals surface area contributed by atoms with Crippen LogP contribution in [0, 0.1) is 0 Å². The summed E-state index contributed by atoms with van der Waals surface area (Å²) in [6.07, 6.45) is 0. The van der Waals surface area contributed by atoms with E-state index in [9.17, 15) is 4.79 Å². The number of anilines is 2. The molecular weight excluding hydrogens is 416 g/mol. The highest BCUT2D eigenvalue weighted by Crippen LogP contribution is 2.29. The van der Waals surface area contributed by atoms with Gasteiger partial charge in [-0.2, -0.15) is 0 Å². The van der Waals surface area contributed by atoms with Gasteiger partial charge in [-0.25, -0.2) is 4.79 Å². The molecule has 0 bridgehead atoms. The summed E-state index contributed by atoms with van der Waals surface area (Å²) < 4.78 is 11.8. The molecular formula is C15H14Br2N2O3. The van der Waals surface area contributed by atoms with Crippen LogP contribution in [0.2, 0.25) is 0 Å². The normalized spacial score (nSPS) is 10.0. The standard InChI is InChI=1S/C15H14Br2N2O3/c1-21-13-5-3-9(7-11(13)16)18-15(20)19-10-4-6-14(22-2)12(17)8-10/h3-8H,1-2H3,(H2,18,19,20). The first-order valence-corrected chi connectivity index (χ1v) is 7.87. The molecule has 2 aromatic carbocycles. The third-order valence-corrected chi connectivity index (χ3v) is 4.06. The average Bonchev–Trinajstić information content (AvgIpc) is 2.47. The third-order valence-electron chi connectivity index (χ3n) is 2.82. The van der Waals surface area contributed by atoms with Gasteiger partial charge in [-0.1, -0.05) is 0 Å². The zero-order valence-corrected chi connectivity index (χ0v) is 15.1. The van der Waals surface area contributed by atoms with Crippen LogP contribution < -0.4 is 20.1 Å². The second kappa shape index (κ2) is 7.51. The molecule has 0 aromatic heterocycles. The van der Waals surface area contributed by atoms with E-state index in [0.717, 1.165) is 8.95 Å². The van der Waals surface area contributed by atoms with Crippen molar-refractivity contribution in [2.75, 3.05) is 24.9 Å². The van der Waals surface area contributed by atoms with E-state index in [0.29, 0.717) is 22.9 Å². The van der Waals surface area contributed by atoms with E-state index in [2.05, 4.69) is 42.5 Å². The predicted octanol–water partition coefficient (Wildman–Crippen LogP) is 4.87. The number of halogens is 2. The minimum absolute atomic E-state index is 0.339. The van der Waals surface area contributed by atoms with Gasteiger partial charge in [0.1, 0.15) is 11.5 Å². The van der Waals surface area contributed by atoms with Crippen molar-refractivity contribution in [3.05, 3.63) is 45.3 Å². The van der Waals surface area contributed by atoms with E-state index >= 15 is 0 Å². The van der Waals surface area contributed by atoms with Gasteiger partial charge >= 0.3 is 6.03 Å². The van der Waals surface area contributed by atoms with Crippen LogP contribution in [0.25, 0.3) is 0 Å². The Labute approximate surface area is 145 Å². The molecule has 2 amide bonds. The summed E-state index contributed by atoms with van der Waals surface area (Å²) in [6, 6.07) is 10.2. The lowest BCUT2D eigenvalue weighted by molar-refractivity contribution is 0.262. The van der Waals surface area contributed by atoms with Crippen LogP contribution in [0.3, 0.4) is 0 Å². The molecule has 0 aliphatic heterocycles. The Morgan fingerprint density at radius 1 is 0.864 bits per heavy atom. The molecule has 2 aromatic rings. The highest BCUT2D eigenvalue weighted by atomic mass is 79.9. The van der Waals surface area contributed by atoms with E-state index in [1.807, 2.05) is 0 Å². The van der Waals surface area contributed by atoms with Crippen LogP contribution in [0.1, 0.15) is 0 Å². The molecule has 0 spiro atoms. The van der Waals surface area contributed by atoms with E-state index in [-0.39, 0.29) is 6.03 Å². The van der Waals surface area contributed by atoms with Crippen molar-refractivity contribution < 1.29 is 14.3 Å². The topological polar surface area (TPSA) is 59.6 Å². The third kappa shape index (κ3) is 4.14. The van der Waals surface area contributed by atoms with Gasteiger partial charge in [0.15, 0.2) is 0 Å². The molecule has 22 heavy (non-hydrogen) atoms. The molecule has 0 fully saturated rings. The Morgan fingerprint density at radius 2 is 1.27 bits per heavy atom. The van der Waals surface area contributed by atoms with Crippen LogP contribution >= 0.6 is 31.9 Å². The maximum atomic E-state index is 12.0. The maximum Gasteiger partial charge on any atom is 0.323 e. The second-order valence-corrected chi connectivity index (χ2v) is 5.99. The maximum absolute atomic E-state index is 12.0. The predicted molar refractivity (Wildman–Crippen MR) is 94.0 cm³/mol. The number of carbonyl (C=O) groups is 1. The first kappa shape index (κ1) is 16.6. The lowest BCUT2D eigenvalue weighted by Crippen LogP contribution is -2.19. The van der Waals surface area contributed by atoms with Gasteiger partial charge in [0.05, 0.1) is 23.2 Å². The largest absolute Gasteiger partial charge is 0.496 e. The smallest absolute Gasteiger partial charge is 0.323 e. The first-order chi connectivity index (χ1) is 10.5. The number of benzene rings is 2. The molecule has 0 unspecified atom stereocenters. The fraction of sp³-hybridized carbons (Fsp3) is 0.133. The summed E-state index contributed by atoms with van der Waals surface area (Å²) in [5, 5.41) is 5.50. The lowest BCUT2D eigenvalue weighted by atomic mass is 10.3. The second-order valence-electron chi connectivity index (χ2n) is 4.28. The van der Waals surface area contributed by atoms with Crippen LogP contribution in [0.15, 0.2) is 45.3 Å². The van der Waals surface area contributed by atoms with E-state index < -0.39 is 0 Å². The van der Waals surface area contributed by atoms with Gasteiger partial charge < -0.3 is 20.1 Å². The van der Waals surface area contributed by atoms with Crippen molar-refractivity contribution in [1.82, 2.24) is 0 Å². The summed E-state index contributed by atoms with van der Waals surface area (Å²) >= 11 is 6.75. The number of amides is 2. The Hall–Kier alpha value is -1.73. The summed E-state index contributed by atoms with van der Waals surface area (Å²) in [7, 11) is 3.17. The fourth-order valence-electron chi connectivity index (χ4n) is 1.78. The van der Waals surface area contributed by atoms with Crippen LogP contribution in [-0.2, 0) is 0 Å². The van der Waals surface area contributed by atoms with Crippen LogP contribution in [-0.4, -0.2) is 20.3 Å². The molecule has 0 atom stereocenters. The first-order valence-electron chi connectivity index (χ1n) is 6.28. The van der Waals surface area contributed by atoms with Crippen molar-refractivity contribution in [2.24, 2.45) is 0 Å². The van der Waals surface area contributed by atoms with Crippen molar-refractivity contribution in [3.8, 4) is 11.5 Å². The van der Waals surface area contributed by atoms with Crippen molar-refractivity contribution >= 4 is 49.3 Å². The number of urea groups is 1. The molecule has 0 saturated heterocycles. The van der Waals surface area contributed by atoms with Crippen molar-refractivity contribution in [1.29, 1.82) is 0 Å². The van der Waals surface area contributed by atoms with Crippen molar-refractivity contribution in [3.63, 3.8) is 0 Å². The average molecular weight is 430 g/mol. The SMILES string of the molecule is COc1ccc(NC(=O)Nc2ccc(OC)c(Br)c2)cc1Br. The number of methoxy groups -OCH3 is 2. The zero-order valence-electron chi connectivity index (χ0n) is 11.9. The molecule has 5 nitrogen and oxygen atoms in total. The number of hydrogen-bond acceptors (Lipinski definition) is 3. The number of ether oxygens (including phenoxy) is 2. The van der Waals surface area contributed by atoms with Gasteiger partial charge in [-0.3, -0.25) is 0 Å². The molecule has 2 rings (SSSR count). The van der Waals surface area contributed by atoms with Gasteiger partial charge in [-0.05, 0) is 68.3 Å². The molecule has 0 aliphatic carbocycles. The summed E-state index contributed by atoms with van der Waals surface area (Å²) in [6.45, 7) is 0. The Kier molecular flexibility index (Phi) is 5.68. The quantitative estimate of drug-likeness (QED) is 0.728. The van der Waals surface area contributed by atoms with Gasteiger partial charge in [0.25, 0.3) is 0 Å². The minimum Gasteiger partial charge on any atom is -0.496 e. The molecule has 0 radical (unpaired) electrons. The lowest BCUT2D eigenvalue weighted by Gasteiger charge is -2.10. The van der Waals surface area contributed by atoms with Crippen LogP contribution in [0.4, 0.5) is 16.2 Å². The van der Waals surface area contributed by atoms with Crippen LogP contribution in [0.5, 0.6) is 11.5 Å². The number of carbonyl (C=O) groups excluding carboxylic acids is 1. The highest BCUT2D eigenvalue weighted by Gasteiger charge is 2.07. The monoisotopic (exact) mass is 428 g/mol. The highest BCUT2D eigenvalue weighted by molar-refractivity contribution is 9.10. The van der Waals surface area contributed by atoms with E-state index in [1.54, 1.807) is 50.6 Å². The molecule has 7 heteroatoms. The summed E-state index contributed by atoms with van der Waals surface area (Å²) in [5.41, 5.74) is 1.30. The van der Waals surface area contributed by atoms with Gasteiger partial charge in [0, 0.05) is 11.4 Å². The molecule has 0 aliphatic rings. The minimum atomic E-state index is -0.339. The van der Waals surface area contributed by atoms with Gasteiger partial charge in [-0.15, -0.1) is 0 Å².